The first kappa shape index (κ1) is 16.3. The molecule has 0 spiro atoms. The Bertz CT molecular complexity index is 397. The fourth-order valence-electron chi connectivity index (χ4n) is 2.43. The Labute approximate surface area is 127 Å². The van der Waals surface area contributed by atoms with E-state index in [1.807, 2.05) is 0 Å². The van der Waals surface area contributed by atoms with E-state index in [4.69, 9.17) is 11.2 Å². The maximum absolute atomic E-state index is 6.34. The van der Waals surface area contributed by atoms with Gasteiger partial charge < -0.3 is 0 Å². The zero-order valence-corrected chi connectivity index (χ0v) is 15.7. The Morgan fingerprint density at radius 1 is 1.00 bits per heavy atom. The van der Waals surface area contributed by atoms with Gasteiger partial charge in [0.15, 0.2) is 0 Å². The number of hydrogen-bond acceptors (Lipinski definition) is 3. The van der Waals surface area contributed by atoms with Crippen molar-refractivity contribution >= 4 is 19.2 Å². The third-order valence-electron chi connectivity index (χ3n) is 3.78. The van der Waals surface area contributed by atoms with Crippen LogP contribution in [-0.4, -0.2) is 19.2 Å². The Hall–Kier alpha value is -0.101. The summed E-state index contributed by atoms with van der Waals surface area (Å²) in [6.07, 6.45) is 4.44. The summed E-state index contributed by atoms with van der Waals surface area (Å²) in [7, 11) is 0. The standard InChI is InChI=1S/C8H9O3.2C4H9.Sn/c1-6-2-4-7(5-3-6)8(9)11-10;2*1-3-4-2;/h2-5,8,10H,1H3;2*1,3-4H2,2H3;/q-1;;;+2/p-1/t8-;;;/m1.../s1. The van der Waals surface area contributed by atoms with Gasteiger partial charge in [-0.25, -0.2) is 0 Å². The topological polar surface area (TPSA) is 27.7 Å². The van der Waals surface area contributed by atoms with Crippen molar-refractivity contribution in [2.45, 2.75) is 61.6 Å². The molecule has 0 aromatic heterocycles. The maximum atomic E-state index is 6.34. The molecule has 1 aromatic carbocycles. The molecule has 1 aliphatic rings. The first-order valence-electron chi connectivity index (χ1n) is 7.78. The monoisotopic (exact) mass is 386 g/mol. The second kappa shape index (κ2) is 7.78. The van der Waals surface area contributed by atoms with E-state index in [1.54, 1.807) is 0 Å². The van der Waals surface area contributed by atoms with Crippen molar-refractivity contribution in [3.63, 3.8) is 0 Å². The van der Waals surface area contributed by atoms with Crippen molar-refractivity contribution in [2.24, 2.45) is 0 Å². The van der Waals surface area contributed by atoms with Crippen LogP contribution in [-0.2, 0) is 11.2 Å². The fourth-order valence-corrected chi connectivity index (χ4v) is 11.9. The van der Waals surface area contributed by atoms with Crippen molar-refractivity contribution in [1.82, 2.24) is 0 Å². The zero-order chi connectivity index (χ0) is 14.4. The summed E-state index contributed by atoms with van der Waals surface area (Å²) >= 11 is -2.98. The van der Waals surface area contributed by atoms with Crippen molar-refractivity contribution in [2.75, 3.05) is 0 Å². The third kappa shape index (κ3) is 4.20. The van der Waals surface area contributed by atoms with E-state index in [-0.39, 0.29) is 6.29 Å². The molecule has 3 nitrogen and oxygen atoms in total. The minimum atomic E-state index is -2.98. The summed E-state index contributed by atoms with van der Waals surface area (Å²) in [5, 5.41) is 0. The van der Waals surface area contributed by atoms with E-state index >= 15 is 0 Å². The molecule has 2 rings (SSSR count). The van der Waals surface area contributed by atoms with Gasteiger partial charge in [0, 0.05) is 0 Å². The van der Waals surface area contributed by atoms with E-state index in [0.29, 0.717) is 0 Å². The van der Waals surface area contributed by atoms with Crippen molar-refractivity contribution < 1.29 is 11.2 Å². The number of benzene rings is 1. The summed E-state index contributed by atoms with van der Waals surface area (Å²) < 4.78 is 14.4. The predicted molar refractivity (Wildman–Crippen MR) is 82.4 cm³/mol. The molecule has 0 N–H and O–H groups in total. The molecule has 1 saturated heterocycles. The molecular weight excluding hydrogens is 359 g/mol. The van der Waals surface area contributed by atoms with Gasteiger partial charge in [0.1, 0.15) is 0 Å². The number of unbranched alkanes of at least 4 members (excludes halogenated alkanes) is 2. The first-order chi connectivity index (χ1) is 9.69. The second-order valence-corrected chi connectivity index (χ2v) is 14.9. The van der Waals surface area contributed by atoms with Crippen LogP contribution >= 0.6 is 0 Å². The van der Waals surface area contributed by atoms with Gasteiger partial charge in [0.05, 0.1) is 0 Å². The van der Waals surface area contributed by atoms with Gasteiger partial charge in [-0.3, -0.25) is 0 Å². The van der Waals surface area contributed by atoms with Gasteiger partial charge in [-0.15, -0.1) is 0 Å². The molecule has 1 aromatic rings. The molecule has 4 heteroatoms. The second-order valence-electron chi connectivity index (χ2n) is 5.66. The van der Waals surface area contributed by atoms with Gasteiger partial charge >= 0.3 is 127 Å². The van der Waals surface area contributed by atoms with E-state index in [0.717, 1.165) is 14.4 Å². The molecule has 0 amide bonds. The molecule has 0 unspecified atom stereocenters. The van der Waals surface area contributed by atoms with Crippen LogP contribution in [0, 0.1) is 6.92 Å². The van der Waals surface area contributed by atoms with Crippen LogP contribution in [0.25, 0.3) is 0 Å². The van der Waals surface area contributed by atoms with Crippen LogP contribution in [0.2, 0.25) is 8.87 Å². The number of rotatable bonds is 7. The van der Waals surface area contributed by atoms with E-state index < -0.39 is 19.2 Å². The van der Waals surface area contributed by atoms with Gasteiger partial charge in [-0.1, -0.05) is 0 Å². The number of hydrogen-bond donors (Lipinski definition) is 0. The summed E-state index contributed by atoms with van der Waals surface area (Å²) in [5.41, 5.74) is 2.32. The Morgan fingerprint density at radius 3 is 2.15 bits per heavy atom. The van der Waals surface area contributed by atoms with Crippen molar-refractivity contribution in [3.8, 4) is 0 Å². The molecule has 0 saturated carbocycles. The van der Waals surface area contributed by atoms with Crippen LogP contribution in [0.3, 0.4) is 0 Å². The van der Waals surface area contributed by atoms with Crippen molar-refractivity contribution in [1.29, 1.82) is 0 Å². The SMILES string of the molecule is CCC[CH2][Sn]1([CH2]CCC)[O]O[C@H](c2ccc(C)cc2)[O]1. The minimum absolute atomic E-state index is 0.305. The molecule has 0 aliphatic carbocycles. The quantitative estimate of drug-likeness (QED) is 0.488. The van der Waals surface area contributed by atoms with Crippen LogP contribution in [0.1, 0.15) is 56.9 Å². The van der Waals surface area contributed by atoms with Crippen LogP contribution in [0.4, 0.5) is 0 Å². The molecule has 0 radical (unpaired) electrons. The Kier molecular flexibility index (Phi) is 6.33. The molecule has 1 atom stereocenters. The molecule has 0 bridgehead atoms. The fraction of sp³-hybridized carbons (Fsp3) is 0.625. The average molecular weight is 385 g/mol. The molecule has 1 heterocycles. The van der Waals surface area contributed by atoms with Crippen LogP contribution in [0.15, 0.2) is 24.3 Å². The van der Waals surface area contributed by atoms with Crippen molar-refractivity contribution in [3.05, 3.63) is 35.4 Å². The van der Waals surface area contributed by atoms with E-state index in [2.05, 4.69) is 45.0 Å². The van der Waals surface area contributed by atoms with E-state index in [9.17, 15) is 0 Å². The molecular formula is C16H26O3Sn. The van der Waals surface area contributed by atoms with Gasteiger partial charge in [0.25, 0.3) is 0 Å². The molecule has 112 valence electrons. The summed E-state index contributed by atoms with van der Waals surface area (Å²) in [5.74, 6) is 0. The Morgan fingerprint density at radius 2 is 1.60 bits per heavy atom. The van der Waals surface area contributed by atoms with Gasteiger partial charge in [-0.05, 0) is 0 Å². The first-order valence-corrected chi connectivity index (χ1v) is 14.1. The number of aryl methyl sites for hydroxylation is 1. The van der Waals surface area contributed by atoms with Gasteiger partial charge in [0.2, 0.25) is 0 Å². The predicted octanol–water partition coefficient (Wildman–Crippen LogP) is 5.01. The zero-order valence-electron chi connectivity index (χ0n) is 12.9. The summed E-state index contributed by atoms with van der Waals surface area (Å²) in [6, 6.07) is 8.33. The molecule has 1 fully saturated rings. The summed E-state index contributed by atoms with van der Waals surface area (Å²) in [6.45, 7) is 6.52. The normalized spacial score (nSPS) is 21.2. The average Bonchev–Trinajstić information content (AvgIpc) is 2.89. The third-order valence-corrected chi connectivity index (χ3v) is 13.1. The van der Waals surface area contributed by atoms with E-state index in [1.165, 1.54) is 31.2 Å². The van der Waals surface area contributed by atoms with Crippen LogP contribution < -0.4 is 0 Å². The molecule has 20 heavy (non-hydrogen) atoms. The molecule has 1 aliphatic heterocycles. The Balaban J connectivity index is 2.03. The van der Waals surface area contributed by atoms with Gasteiger partial charge in [-0.2, -0.15) is 0 Å². The summed E-state index contributed by atoms with van der Waals surface area (Å²) in [4.78, 5) is 5.56. The van der Waals surface area contributed by atoms with Crippen LogP contribution in [0.5, 0.6) is 0 Å².